The van der Waals surface area contributed by atoms with E-state index < -0.39 is 45.8 Å². The molecule has 3 rings (SSSR count). The molecule has 0 bridgehead atoms. The molecule has 220 valence electrons. The van der Waals surface area contributed by atoms with Gasteiger partial charge in [-0.15, -0.1) is 0 Å². The standard InChI is InChI=1S/C30H35BrFN3O5S/c1-6-40-26-15-13-25(14-16-26)35(41(38,39)27-17-9-23(31)10-18-27)20-28(36)34(19-22-7-11-24(32)12-8-22)21(2)29(37)33-30(3,4)5/h7-18,21H,6,19-20H2,1-5H3,(H,33,37)/t21-/m1/s1. The third-order valence-electron chi connectivity index (χ3n) is 6.05. The van der Waals surface area contributed by atoms with Crippen molar-refractivity contribution >= 4 is 43.5 Å². The first kappa shape index (κ1) is 32.1. The van der Waals surface area contributed by atoms with Crippen LogP contribution >= 0.6 is 15.9 Å². The molecule has 0 fully saturated rings. The Kier molecular flexibility index (Phi) is 10.5. The van der Waals surface area contributed by atoms with Crippen LogP contribution in [-0.4, -0.2) is 49.9 Å². The van der Waals surface area contributed by atoms with E-state index in [1.807, 2.05) is 27.7 Å². The van der Waals surface area contributed by atoms with E-state index in [0.29, 0.717) is 22.4 Å². The summed E-state index contributed by atoms with van der Waals surface area (Å²) in [6, 6.07) is 17.1. The molecule has 0 aliphatic carbocycles. The molecule has 1 N–H and O–H groups in total. The number of sulfonamides is 1. The fourth-order valence-electron chi connectivity index (χ4n) is 3.98. The molecule has 1 atom stereocenters. The van der Waals surface area contributed by atoms with E-state index >= 15 is 0 Å². The average molecular weight is 649 g/mol. The Labute approximate surface area is 249 Å². The van der Waals surface area contributed by atoms with Crippen LogP contribution < -0.4 is 14.4 Å². The van der Waals surface area contributed by atoms with Crippen molar-refractivity contribution in [1.29, 1.82) is 0 Å². The SMILES string of the molecule is CCOc1ccc(N(CC(=O)N(Cc2ccc(F)cc2)[C@H](C)C(=O)NC(C)(C)C)S(=O)(=O)c2ccc(Br)cc2)cc1. The number of hydrogen-bond donors (Lipinski definition) is 1. The molecule has 2 amide bonds. The second kappa shape index (κ2) is 13.5. The van der Waals surface area contributed by atoms with Crippen LogP contribution in [-0.2, 0) is 26.2 Å². The van der Waals surface area contributed by atoms with Gasteiger partial charge in [0.1, 0.15) is 24.2 Å². The first-order valence-electron chi connectivity index (χ1n) is 13.1. The van der Waals surface area contributed by atoms with Crippen LogP contribution in [0.3, 0.4) is 0 Å². The van der Waals surface area contributed by atoms with Gasteiger partial charge < -0.3 is 15.0 Å². The van der Waals surface area contributed by atoms with Crippen LogP contribution in [0.2, 0.25) is 0 Å². The second-order valence-electron chi connectivity index (χ2n) is 10.5. The smallest absolute Gasteiger partial charge is 0.264 e. The van der Waals surface area contributed by atoms with Gasteiger partial charge in [-0.1, -0.05) is 28.1 Å². The second-order valence-corrected chi connectivity index (χ2v) is 13.2. The Bertz CT molecular complexity index is 1440. The number of rotatable bonds is 11. The van der Waals surface area contributed by atoms with E-state index in [-0.39, 0.29) is 17.1 Å². The lowest BCUT2D eigenvalue weighted by Crippen LogP contribution is -2.54. The van der Waals surface area contributed by atoms with Crippen molar-refractivity contribution in [2.45, 2.75) is 57.6 Å². The predicted molar refractivity (Wildman–Crippen MR) is 161 cm³/mol. The monoisotopic (exact) mass is 647 g/mol. The van der Waals surface area contributed by atoms with Gasteiger partial charge in [0.05, 0.1) is 17.2 Å². The van der Waals surface area contributed by atoms with Gasteiger partial charge in [0.15, 0.2) is 0 Å². The molecule has 0 radical (unpaired) electrons. The minimum absolute atomic E-state index is 0.00834. The Morgan fingerprint density at radius 2 is 1.56 bits per heavy atom. The number of carbonyl (C=O) groups excluding carboxylic acids is 2. The van der Waals surface area contributed by atoms with E-state index in [0.717, 1.165) is 4.31 Å². The summed E-state index contributed by atoms with van der Waals surface area (Å²) < 4.78 is 48.6. The fourth-order valence-corrected chi connectivity index (χ4v) is 5.66. The molecule has 3 aromatic rings. The van der Waals surface area contributed by atoms with Crippen molar-refractivity contribution in [2.24, 2.45) is 0 Å². The van der Waals surface area contributed by atoms with Crippen LogP contribution in [0, 0.1) is 5.82 Å². The molecule has 0 heterocycles. The zero-order valence-corrected chi connectivity index (χ0v) is 26.1. The van der Waals surface area contributed by atoms with Gasteiger partial charge in [-0.25, -0.2) is 12.8 Å². The summed E-state index contributed by atoms with van der Waals surface area (Å²) in [4.78, 5) is 28.4. The lowest BCUT2D eigenvalue weighted by molar-refractivity contribution is -0.140. The highest BCUT2D eigenvalue weighted by molar-refractivity contribution is 9.10. The van der Waals surface area contributed by atoms with Crippen molar-refractivity contribution in [2.75, 3.05) is 17.5 Å². The average Bonchev–Trinajstić information content (AvgIpc) is 2.91. The maximum Gasteiger partial charge on any atom is 0.264 e. The highest BCUT2D eigenvalue weighted by atomic mass is 79.9. The maximum atomic E-state index is 13.9. The molecule has 0 aromatic heterocycles. The van der Waals surface area contributed by atoms with Crippen LogP contribution in [0.1, 0.15) is 40.2 Å². The van der Waals surface area contributed by atoms with Gasteiger partial charge in [0.2, 0.25) is 11.8 Å². The van der Waals surface area contributed by atoms with E-state index in [2.05, 4.69) is 21.2 Å². The molecule has 0 spiro atoms. The van der Waals surface area contributed by atoms with Crippen LogP contribution in [0.5, 0.6) is 5.75 Å². The summed E-state index contributed by atoms with van der Waals surface area (Å²) in [6.07, 6.45) is 0. The van der Waals surface area contributed by atoms with Gasteiger partial charge >= 0.3 is 0 Å². The molecule has 0 aliphatic rings. The molecule has 8 nitrogen and oxygen atoms in total. The quantitative estimate of drug-likeness (QED) is 0.296. The molecule has 0 saturated heterocycles. The van der Waals surface area contributed by atoms with Crippen molar-refractivity contribution in [3.8, 4) is 5.75 Å². The van der Waals surface area contributed by atoms with Crippen molar-refractivity contribution < 1.29 is 27.1 Å². The molecule has 41 heavy (non-hydrogen) atoms. The number of amides is 2. The fraction of sp³-hybridized carbons (Fsp3) is 0.333. The Morgan fingerprint density at radius 3 is 2.10 bits per heavy atom. The number of anilines is 1. The Balaban J connectivity index is 2.03. The van der Waals surface area contributed by atoms with Gasteiger partial charge in [-0.2, -0.15) is 0 Å². The maximum absolute atomic E-state index is 13.9. The third-order valence-corrected chi connectivity index (χ3v) is 8.36. The summed E-state index contributed by atoms with van der Waals surface area (Å²) >= 11 is 3.32. The lowest BCUT2D eigenvalue weighted by Gasteiger charge is -2.33. The molecule has 3 aromatic carbocycles. The summed E-state index contributed by atoms with van der Waals surface area (Å²) in [6.45, 7) is 8.70. The van der Waals surface area contributed by atoms with Crippen LogP contribution in [0.25, 0.3) is 0 Å². The van der Waals surface area contributed by atoms with E-state index in [1.54, 1.807) is 43.3 Å². The van der Waals surface area contributed by atoms with Crippen molar-refractivity contribution in [1.82, 2.24) is 10.2 Å². The number of carbonyl (C=O) groups is 2. The van der Waals surface area contributed by atoms with Crippen molar-refractivity contribution in [3.63, 3.8) is 0 Å². The highest BCUT2D eigenvalue weighted by Gasteiger charge is 2.33. The van der Waals surface area contributed by atoms with Gasteiger partial charge in [0.25, 0.3) is 10.0 Å². The minimum atomic E-state index is -4.20. The zero-order valence-electron chi connectivity index (χ0n) is 23.7. The number of halogens is 2. The summed E-state index contributed by atoms with van der Waals surface area (Å²) in [7, 11) is -4.20. The number of nitrogens with one attached hydrogen (secondary N) is 1. The largest absolute Gasteiger partial charge is 0.494 e. The summed E-state index contributed by atoms with van der Waals surface area (Å²) in [5, 5.41) is 2.87. The molecule has 0 unspecified atom stereocenters. The number of benzene rings is 3. The Morgan fingerprint density at radius 1 is 0.976 bits per heavy atom. The number of ether oxygens (including phenoxy) is 1. The van der Waals surface area contributed by atoms with Gasteiger partial charge in [0, 0.05) is 16.6 Å². The first-order valence-corrected chi connectivity index (χ1v) is 15.3. The van der Waals surface area contributed by atoms with Crippen LogP contribution in [0.4, 0.5) is 10.1 Å². The van der Waals surface area contributed by atoms with E-state index in [1.165, 1.54) is 41.3 Å². The minimum Gasteiger partial charge on any atom is -0.494 e. The molecular formula is C30H35BrFN3O5S. The zero-order chi connectivity index (χ0) is 30.4. The van der Waals surface area contributed by atoms with Gasteiger partial charge in [-0.3, -0.25) is 13.9 Å². The molecular weight excluding hydrogens is 613 g/mol. The topological polar surface area (TPSA) is 96.0 Å². The normalized spacial score (nSPS) is 12.4. The Hall–Kier alpha value is -3.44. The number of nitrogens with zero attached hydrogens (tertiary/aromatic N) is 2. The van der Waals surface area contributed by atoms with E-state index in [4.69, 9.17) is 4.74 Å². The van der Waals surface area contributed by atoms with Gasteiger partial charge in [-0.05, 0) is 101 Å². The predicted octanol–water partition coefficient (Wildman–Crippen LogP) is 5.51. The molecule has 11 heteroatoms. The van der Waals surface area contributed by atoms with Crippen molar-refractivity contribution in [3.05, 3.63) is 88.6 Å². The summed E-state index contributed by atoms with van der Waals surface area (Å²) in [5.41, 5.74) is 0.270. The third kappa shape index (κ3) is 8.77. The first-order chi connectivity index (χ1) is 19.2. The lowest BCUT2D eigenvalue weighted by atomic mass is 10.1. The number of hydrogen-bond acceptors (Lipinski definition) is 5. The highest BCUT2D eigenvalue weighted by Crippen LogP contribution is 2.27. The van der Waals surface area contributed by atoms with E-state index in [9.17, 15) is 22.4 Å². The summed E-state index contributed by atoms with van der Waals surface area (Å²) in [5.74, 6) is -0.904. The van der Waals surface area contributed by atoms with Crippen LogP contribution in [0.15, 0.2) is 82.2 Å². The molecule has 0 aliphatic heterocycles. The molecule has 0 saturated carbocycles.